The first-order valence-corrected chi connectivity index (χ1v) is 8.17. The molecule has 0 saturated carbocycles. The zero-order chi connectivity index (χ0) is 17.5. The van der Waals surface area contributed by atoms with Crippen molar-refractivity contribution in [1.29, 1.82) is 0 Å². The highest BCUT2D eigenvalue weighted by Crippen LogP contribution is 2.19. The topological polar surface area (TPSA) is 47.6 Å². The maximum atomic E-state index is 12.2. The van der Waals surface area contributed by atoms with Crippen molar-refractivity contribution in [3.8, 4) is 11.5 Å². The van der Waals surface area contributed by atoms with Gasteiger partial charge < -0.3 is 14.8 Å². The van der Waals surface area contributed by atoms with E-state index < -0.39 is 0 Å². The van der Waals surface area contributed by atoms with Gasteiger partial charge >= 0.3 is 0 Å². The lowest BCUT2D eigenvalue weighted by Gasteiger charge is -2.16. The van der Waals surface area contributed by atoms with Crippen LogP contribution in [0.3, 0.4) is 0 Å². The molecule has 0 aliphatic rings. The zero-order valence-electron chi connectivity index (χ0n) is 14.7. The van der Waals surface area contributed by atoms with E-state index in [0.717, 1.165) is 22.6 Å². The number of rotatable bonds is 7. The van der Waals surface area contributed by atoms with Gasteiger partial charge in [0.25, 0.3) is 0 Å². The number of methoxy groups -OCH3 is 1. The Bertz CT molecular complexity index is 648. The van der Waals surface area contributed by atoms with Crippen molar-refractivity contribution < 1.29 is 14.3 Å². The first-order valence-electron chi connectivity index (χ1n) is 8.17. The third kappa shape index (κ3) is 5.30. The first kappa shape index (κ1) is 17.9. The molecule has 0 heterocycles. The van der Waals surface area contributed by atoms with E-state index in [9.17, 15) is 4.79 Å². The lowest BCUT2D eigenvalue weighted by Crippen LogP contribution is -2.28. The van der Waals surface area contributed by atoms with E-state index in [4.69, 9.17) is 9.47 Å². The van der Waals surface area contributed by atoms with Gasteiger partial charge in [-0.15, -0.1) is 0 Å². The minimum atomic E-state index is -0.0520. The molecule has 2 aromatic rings. The molecule has 0 aliphatic heterocycles. The summed E-state index contributed by atoms with van der Waals surface area (Å²) in [5.74, 6) is 1.62. The third-order valence-electron chi connectivity index (χ3n) is 3.65. The molecule has 1 amide bonds. The average molecular weight is 327 g/mol. The van der Waals surface area contributed by atoms with Crippen molar-refractivity contribution in [3.63, 3.8) is 0 Å². The summed E-state index contributed by atoms with van der Waals surface area (Å²) >= 11 is 0. The largest absolute Gasteiger partial charge is 0.497 e. The highest BCUT2D eigenvalue weighted by molar-refractivity contribution is 5.79. The predicted molar refractivity (Wildman–Crippen MR) is 95.5 cm³/mol. The van der Waals surface area contributed by atoms with Crippen molar-refractivity contribution in [2.45, 2.75) is 39.3 Å². The van der Waals surface area contributed by atoms with E-state index >= 15 is 0 Å². The highest BCUT2D eigenvalue weighted by Gasteiger charge is 2.10. The first-order chi connectivity index (χ1) is 11.5. The minimum absolute atomic E-state index is 0.00447. The quantitative estimate of drug-likeness (QED) is 0.839. The Hall–Kier alpha value is -2.49. The maximum absolute atomic E-state index is 12.2. The molecule has 1 unspecified atom stereocenters. The van der Waals surface area contributed by atoms with E-state index in [1.807, 2.05) is 69.3 Å². The Morgan fingerprint density at radius 1 is 0.958 bits per heavy atom. The summed E-state index contributed by atoms with van der Waals surface area (Å²) in [5, 5.41) is 3.02. The Balaban J connectivity index is 1.90. The average Bonchev–Trinajstić information content (AvgIpc) is 2.55. The number of carbonyl (C=O) groups is 1. The minimum Gasteiger partial charge on any atom is -0.497 e. The summed E-state index contributed by atoms with van der Waals surface area (Å²) in [6.45, 7) is 5.97. The van der Waals surface area contributed by atoms with Gasteiger partial charge in [-0.05, 0) is 56.2 Å². The molecule has 0 aliphatic carbocycles. The zero-order valence-corrected chi connectivity index (χ0v) is 14.7. The predicted octanol–water partition coefficient (Wildman–Crippen LogP) is 3.90. The summed E-state index contributed by atoms with van der Waals surface area (Å²) in [5.41, 5.74) is 2.01. The fourth-order valence-corrected chi connectivity index (χ4v) is 2.41. The molecular weight excluding hydrogens is 302 g/mol. The number of ether oxygens (including phenoxy) is 2. The van der Waals surface area contributed by atoms with Crippen LogP contribution in [0, 0.1) is 0 Å². The molecule has 0 radical (unpaired) electrons. The number of hydrogen-bond donors (Lipinski definition) is 1. The maximum Gasteiger partial charge on any atom is 0.224 e. The summed E-state index contributed by atoms with van der Waals surface area (Å²) in [7, 11) is 1.63. The monoisotopic (exact) mass is 327 g/mol. The van der Waals surface area contributed by atoms with Crippen molar-refractivity contribution >= 4 is 5.91 Å². The van der Waals surface area contributed by atoms with Crippen molar-refractivity contribution in [2.75, 3.05) is 7.11 Å². The SMILES string of the molecule is COc1ccc(CC(=O)NC(C)c2ccc(OC(C)C)cc2)cc1. The standard InChI is InChI=1S/C20H25NO3/c1-14(2)24-19-11-7-17(8-12-19)15(3)21-20(22)13-16-5-9-18(23-4)10-6-16/h5-12,14-15H,13H2,1-4H3,(H,21,22). The van der Waals surface area contributed by atoms with Gasteiger partial charge in [0.15, 0.2) is 0 Å². The lowest BCUT2D eigenvalue weighted by atomic mass is 10.1. The van der Waals surface area contributed by atoms with Gasteiger partial charge in [-0.1, -0.05) is 24.3 Å². The van der Waals surface area contributed by atoms with E-state index in [1.165, 1.54) is 0 Å². The molecule has 0 aromatic heterocycles. The molecule has 2 aromatic carbocycles. The van der Waals surface area contributed by atoms with Gasteiger partial charge in [-0.3, -0.25) is 4.79 Å². The Morgan fingerprint density at radius 2 is 1.54 bits per heavy atom. The number of carbonyl (C=O) groups excluding carboxylic acids is 1. The summed E-state index contributed by atoms with van der Waals surface area (Å²) in [4.78, 5) is 12.2. The summed E-state index contributed by atoms with van der Waals surface area (Å²) < 4.78 is 10.7. The van der Waals surface area contributed by atoms with Crippen LogP contribution in [-0.4, -0.2) is 19.1 Å². The number of hydrogen-bond acceptors (Lipinski definition) is 3. The Kier molecular flexibility index (Phi) is 6.24. The van der Waals surface area contributed by atoms with Crippen molar-refractivity contribution in [2.24, 2.45) is 0 Å². The van der Waals surface area contributed by atoms with Crippen LogP contribution in [0.5, 0.6) is 11.5 Å². The number of benzene rings is 2. The van der Waals surface area contributed by atoms with Crippen LogP contribution in [-0.2, 0) is 11.2 Å². The van der Waals surface area contributed by atoms with Crippen LogP contribution >= 0.6 is 0 Å². The molecule has 1 atom stereocenters. The Labute approximate surface area is 143 Å². The second-order valence-corrected chi connectivity index (χ2v) is 6.05. The molecule has 0 spiro atoms. The van der Waals surface area contributed by atoms with Gasteiger partial charge in [-0.2, -0.15) is 0 Å². The molecular formula is C20H25NO3. The van der Waals surface area contributed by atoms with Crippen LogP contribution in [0.4, 0.5) is 0 Å². The second kappa shape index (κ2) is 8.39. The molecule has 24 heavy (non-hydrogen) atoms. The molecule has 2 rings (SSSR count). The summed E-state index contributed by atoms with van der Waals surface area (Å²) in [6.07, 6.45) is 0.501. The molecule has 4 heteroatoms. The molecule has 0 saturated heterocycles. The fourth-order valence-electron chi connectivity index (χ4n) is 2.41. The van der Waals surface area contributed by atoms with E-state index in [0.29, 0.717) is 6.42 Å². The summed E-state index contributed by atoms with van der Waals surface area (Å²) in [6, 6.07) is 15.3. The van der Waals surface area contributed by atoms with Crippen LogP contribution in [0.25, 0.3) is 0 Å². The molecule has 128 valence electrons. The van der Waals surface area contributed by atoms with Crippen LogP contribution < -0.4 is 14.8 Å². The molecule has 0 bridgehead atoms. The molecule has 4 nitrogen and oxygen atoms in total. The lowest BCUT2D eigenvalue weighted by molar-refractivity contribution is -0.121. The van der Waals surface area contributed by atoms with E-state index in [2.05, 4.69) is 5.32 Å². The van der Waals surface area contributed by atoms with Crippen LogP contribution in [0.2, 0.25) is 0 Å². The normalized spacial score (nSPS) is 11.9. The highest BCUT2D eigenvalue weighted by atomic mass is 16.5. The van der Waals surface area contributed by atoms with Crippen molar-refractivity contribution in [1.82, 2.24) is 5.32 Å². The van der Waals surface area contributed by atoms with Gasteiger partial charge in [0.2, 0.25) is 5.91 Å². The number of nitrogens with one attached hydrogen (secondary N) is 1. The second-order valence-electron chi connectivity index (χ2n) is 6.05. The van der Waals surface area contributed by atoms with Gasteiger partial charge in [-0.25, -0.2) is 0 Å². The van der Waals surface area contributed by atoms with Crippen molar-refractivity contribution in [3.05, 3.63) is 59.7 Å². The molecule has 1 N–H and O–H groups in total. The van der Waals surface area contributed by atoms with Gasteiger partial charge in [0.1, 0.15) is 11.5 Å². The van der Waals surface area contributed by atoms with Gasteiger partial charge in [0.05, 0.1) is 25.7 Å². The third-order valence-corrected chi connectivity index (χ3v) is 3.65. The van der Waals surface area contributed by atoms with Crippen LogP contribution in [0.15, 0.2) is 48.5 Å². The molecule has 0 fully saturated rings. The van der Waals surface area contributed by atoms with E-state index in [-0.39, 0.29) is 18.1 Å². The smallest absolute Gasteiger partial charge is 0.224 e. The Morgan fingerprint density at radius 3 is 2.08 bits per heavy atom. The van der Waals surface area contributed by atoms with Crippen LogP contribution in [0.1, 0.15) is 37.9 Å². The fraction of sp³-hybridized carbons (Fsp3) is 0.350. The number of amides is 1. The van der Waals surface area contributed by atoms with Gasteiger partial charge in [0, 0.05) is 0 Å². The van der Waals surface area contributed by atoms with E-state index in [1.54, 1.807) is 7.11 Å².